The van der Waals surface area contributed by atoms with Crippen molar-refractivity contribution in [3.05, 3.63) is 60.2 Å². The van der Waals surface area contributed by atoms with E-state index in [1.807, 2.05) is 58.0 Å². The van der Waals surface area contributed by atoms with Gasteiger partial charge in [0, 0.05) is 19.5 Å². The van der Waals surface area contributed by atoms with E-state index in [0.717, 1.165) is 5.56 Å². The Balaban J connectivity index is 2.46. The smallest absolute Gasteiger partial charge is 0.334 e. The minimum atomic E-state index is -3.97. The summed E-state index contributed by atoms with van der Waals surface area (Å²) >= 11 is 0. The van der Waals surface area contributed by atoms with Crippen molar-refractivity contribution < 1.29 is 32.8 Å². The maximum Gasteiger partial charge on any atom is 0.334 e. The number of methoxy groups -OCH3 is 1. The number of amides is 2. The molecule has 2 unspecified atom stereocenters. The number of aliphatic hydroxyl groups excluding tert-OH is 1. The number of nitrogens with zero attached hydrogens (tertiary/aromatic N) is 2. The second kappa shape index (κ2) is 16.9. The number of nitrogens with one attached hydrogen (secondary N) is 2. The molecule has 0 bridgehead atoms. The van der Waals surface area contributed by atoms with Crippen molar-refractivity contribution in [1.82, 2.24) is 14.5 Å². The second-order valence-electron chi connectivity index (χ2n) is 12.0. The molecule has 0 saturated heterocycles. The molecule has 43 heavy (non-hydrogen) atoms. The standard InChI is InChI=1S/C32H50N4O6S/c1-9-24(4)31(33-30(38)22-34(5)6)32(39)35(7)28(19-25-13-11-10-12-14-25)29(37)21-36(20-23(2)3)43(40,41)27-17-15-26(42-8)16-18-27/h10-18,23-24,28-29,31,37H,9,19-22H2,1-8H3,(H,33,38)/p+1/t24?,28-,29+,31-/m0/s1. The number of likely N-dealkylation sites (N-methyl/N-ethyl adjacent to an activating group) is 2. The normalized spacial score (nSPS) is 15.6. The number of rotatable bonds is 17. The summed E-state index contributed by atoms with van der Waals surface area (Å²) in [6.45, 7) is 7.84. The lowest BCUT2D eigenvalue weighted by Gasteiger charge is -2.34. The molecule has 0 aliphatic rings. The van der Waals surface area contributed by atoms with Crippen LogP contribution in [0.15, 0.2) is 59.5 Å². The Hall–Kier alpha value is -2.83. The number of ether oxygens (including phenoxy) is 1. The van der Waals surface area contributed by atoms with Crippen molar-refractivity contribution in [3.63, 3.8) is 0 Å². The molecule has 2 aromatic rings. The minimum Gasteiger partial charge on any atom is -0.497 e. The number of carbonyl (C=O) groups excluding carboxylic acids is 2. The molecule has 10 nitrogen and oxygen atoms in total. The molecule has 2 amide bonds. The van der Waals surface area contributed by atoms with Gasteiger partial charge in [0.15, 0.2) is 0 Å². The van der Waals surface area contributed by atoms with Crippen molar-refractivity contribution in [1.29, 1.82) is 0 Å². The van der Waals surface area contributed by atoms with E-state index in [4.69, 9.17) is 4.74 Å². The van der Waals surface area contributed by atoms with Crippen LogP contribution in [0.2, 0.25) is 0 Å². The average Bonchev–Trinajstić information content (AvgIpc) is 2.97. The van der Waals surface area contributed by atoms with Crippen LogP contribution in [0.1, 0.15) is 39.7 Å². The van der Waals surface area contributed by atoms with Gasteiger partial charge < -0.3 is 20.1 Å². The molecule has 0 fully saturated rings. The molecular formula is C32H51N4O6S+. The molecule has 240 valence electrons. The highest BCUT2D eigenvalue weighted by atomic mass is 32.2. The van der Waals surface area contributed by atoms with Crippen molar-refractivity contribution in [2.75, 3.05) is 47.9 Å². The molecule has 0 spiro atoms. The molecule has 3 N–H and O–H groups in total. The summed E-state index contributed by atoms with van der Waals surface area (Å²) < 4.78 is 34.0. The molecule has 0 aliphatic heterocycles. The Morgan fingerprint density at radius 2 is 1.60 bits per heavy atom. The Morgan fingerprint density at radius 3 is 2.12 bits per heavy atom. The third-order valence-corrected chi connectivity index (χ3v) is 9.48. The van der Waals surface area contributed by atoms with Crippen LogP contribution in [0, 0.1) is 11.8 Å². The van der Waals surface area contributed by atoms with Crippen LogP contribution in [0.25, 0.3) is 0 Å². The summed E-state index contributed by atoms with van der Waals surface area (Å²) in [6, 6.07) is 14.2. The van der Waals surface area contributed by atoms with E-state index in [9.17, 15) is 23.1 Å². The summed E-state index contributed by atoms with van der Waals surface area (Å²) in [5, 5.41) is 14.7. The van der Waals surface area contributed by atoms with E-state index in [1.54, 1.807) is 38.2 Å². The molecule has 2 aromatic carbocycles. The van der Waals surface area contributed by atoms with Gasteiger partial charge in [0.2, 0.25) is 15.9 Å². The molecule has 2 rings (SSSR count). The number of aliphatic hydroxyl groups is 1. The number of carbonyl (C=O) groups is 2. The zero-order valence-electron chi connectivity index (χ0n) is 26.9. The van der Waals surface area contributed by atoms with Crippen LogP contribution < -0.4 is 15.0 Å². The lowest BCUT2D eigenvalue weighted by Crippen LogP contribution is -3.19. The number of hydrogen-bond donors (Lipinski definition) is 3. The van der Waals surface area contributed by atoms with Gasteiger partial charge in [-0.25, -0.2) is 13.2 Å². The monoisotopic (exact) mass is 619 g/mol. The lowest BCUT2D eigenvalue weighted by molar-refractivity contribution is -0.832. The van der Waals surface area contributed by atoms with Crippen molar-refractivity contribution in [3.8, 4) is 5.75 Å². The quantitative estimate of drug-likeness (QED) is 0.245. The number of hydrogen-bond acceptors (Lipinski definition) is 7. The first-order valence-corrected chi connectivity index (χ1v) is 16.3. The van der Waals surface area contributed by atoms with E-state index in [-0.39, 0.29) is 48.2 Å². The Bertz CT molecular complexity index is 1250. The molecule has 11 heteroatoms. The van der Waals surface area contributed by atoms with Gasteiger partial charge in [-0.3, -0.25) is 9.69 Å². The van der Waals surface area contributed by atoms with Crippen LogP contribution >= 0.6 is 0 Å². The van der Waals surface area contributed by atoms with Gasteiger partial charge >= 0.3 is 5.91 Å². The zero-order chi connectivity index (χ0) is 32.3. The fourth-order valence-electron chi connectivity index (χ4n) is 4.99. The lowest BCUT2D eigenvalue weighted by atomic mass is 9.94. The Labute approximate surface area is 258 Å². The third kappa shape index (κ3) is 10.7. The van der Waals surface area contributed by atoms with E-state index in [0.29, 0.717) is 23.5 Å². The molecule has 0 aromatic heterocycles. The molecule has 0 radical (unpaired) electrons. The van der Waals surface area contributed by atoms with Gasteiger partial charge in [-0.1, -0.05) is 64.4 Å². The third-order valence-electron chi connectivity index (χ3n) is 7.64. The van der Waals surface area contributed by atoms with E-state index < -0.39 is 28.2 Å². The van der Waals surface area contributed by atoms with E-state index >= 15 is 0 Å². The van der Waals surface area contributed by atoms with Gasteiger partial charge in [0.05, 0.1) is 25.6 Å². The van der Waals surface area contributed by atoms with Gasteiger partial charge in [-0.15, -0.1) is 0 Å². The first kappa shape index (κ1) is 36.4. The minimum absolute atomic E-state index is 0.0128. The fraction of sp³-hybridized carbons (Fsp3) is 0.562. The second-order valence-corrected chi connectivity index (χ2v) is 13.9. The highest BCUT2D eigenvalue weighted by molar-refractivity contribution is 7.89. The topological polar surface area (TPSA) is 121 Å². The maximum atomic E-state index is 14.0. The largest absolute Gasteiger partial charge is 0.497 e. The van der Waals surface area contributed by atoms with E-state index in [1.165, 1.54) is 23.5 Å². The number of benzene rings is 2. The highest BCUT2D eigenvalue weighted by Crippen LogP contribution is 2.21. The summed E-state index contributed by atoms with van der Waals surface area (Å²) in [6.07, 6.45) is -0.192. The first-order valence-electron chi connectivity index (χ1n) is 14.9. The number of quaternary nitrogens is 1. The summed E-state index contributed by atoms with van der Waals surface area (Å²) in [7, 11) is 2.80. The first-order chi connectivity index (χ1) is 20.2. The summed E-state index contributed by atoms with van der Waals surface area (Å²) in [5.41, 5.74) is 0.906. The molecule has 5 atom stereocenters. The molecule has 0 aliphatic carbocycles. The van der Waals surface area contributed by atoms with Crippen LogP contribution in [-0.2, 0) is 26.0 Å². The summed E-state index contributed by atoms with van der Waals surface area (Å²) in [5.74, 6) is -0.132. The van der Waals surface area contributed by atoms with Crippen LogP contribution in [0.3, 0.4) is 0 Å². The van der Waals surface area contributed by atoms with Crippen LogP contribution in [0.5, 0.6) is 5.75 Å². The molecular weight excluding hydrogens is 568 g/mol. The van der Waals surface area contributed by atoms with E-state index in [2.05, 4.69) is 5.32 Å². The Kier molecular flexibility index (Phi) is 14.3. The summed E-state index contributed by atoms with van der Waals surface area (Å²) in [4.78, 5) is 28.9. The fourth-order valence-corrected chi connectivity index (χ4v) is 6.61. The van der Waals surface area contributed by atoms with Gasteiger partial charge in [0.25, 0.3) is 0 Å². The predicted octanol–water partition coefficient (Wildman–Crippen LogP) is 1.45. The maximum absolute atomic E-state index is 14.0. The van der Waals surface area contributed by atoms with Gasteiger partial charge in [-0.2, -0.15) is 4.31 Å². The van der Waals surface area contributed by atoms with Crippen LogP contribution in [0.4, 0.5) is 0 Å². The molecule has 0 saturated carbocycles. The predicted molar refractivity (Wildman–Crippen MR) is 168 cm³/mol. The Morgan fingerprint density at radius 1 is 1.00 bits per heavy atom. The SMILES string of the molecule is CCC(C)[C@H](NC(=O)CN(C)C)C(=O)[NH+](C)[C@@H](Cc1ccccc1)[C@H](O)CN(CC(C)C)S(=O)(=O)c1ccc(OC)cc1. The van der Waals surface area contributed by atoms with Crippen molar-refractivity contribution in [2.24, 2.45) is 11.8 Å². The number of sulfonamides is 1. The average molecular weight is 620 g/mol. The van der Waals surface area contributed by atoms with Gasteiger partial charge in [-0.05, 0) is 55.8 Å². The highest BCUT2D eigenvalue weighted by Gasteiger charge is 2.40. The molecule has 0 heterocycles. The van der Waals surface area contributed by atoms with Crippen LogP contribution in [-0.4, -0.2) is 101 Å². The van der Waals surface area contributed by atoms with Crippen molar-refractivity contribution >= 4 is 21.8 Å². The van der Waals surface area contributed by atoms with Crippen molar-refractivity contribution in [2.45, 2.75) is 63.6 Å². The zero-order valence-corrected chi connectivity index (χ0v) is 27.7. The van der Waals surface area contributed by atoms with Gasteiger partial charge in [0.1, 0.15) is 23.9 Å².